The predicted octanol–water partition coefficient (Wildman–Crippen LogP) is 3.03. The zero-order chi connectivity index (χ0) is 17.7. The first kappa shape index (κ1) is 17.4. The fraction of sp³-hybridized carbons (Fsp3) is 0.294. The first-order valence-electron chi connectivity index (χ1n) is 7.50. The van der Waals surface area contributed by atoms with E-state index in [0.717, 1.165) is 11.1 Å². The second-order valence-electron chi connectivity index (χ2n) is 5.74. The summed E-state index contributed by atoms with van der Waals surface area (Å²) < 4.78 is 0. The van der Waals surface area contributed by atoms with E-state index >= 15 is 0 Å². The molecule has 1 N–H and O–H groups in total. The Bertz CT molecular complexity index is 714. The van der Waals surface area contributed by atoms with E-state index in [2.05, 4.69) is 4.98 Å². The van der Waals surface area contributed by atoms with Crippen LogP contribution in [0.3, 0.4) is 0 Å². The number of anilines is 1. The highest BCUT2D eigenvalue weighted by atomic mass is 16.6. The van der Waals surface area contributed by atoms with Gasteiger partial charge >= 0.3 is 5.97 Å². The van der Waals surface area contributed by atoms with E-state index < -0.39 is 16.8 Å². The van der Waals surface area contributed by atoms with Gasteiger partial charge in [-0.25, -0.2) is 4.98 Å². The zero-order valence-corrected chi connectivity index (χ0v) is 13.5. The van der Waals surface area contributed by atoms with Gasteiger partial charge in [0.1, 0.15) is 12.0 Å². The van der Waals surface area contributed by atoms with Crippen LogP contribution in [-0.4, -0.2) is 27.5 Å². The number of aryl methyl sites for hydroxylation is 1. The summed E-state index contributed by atoms with van der Waals surface area (Å²) in [6.45, 7) is 4.35. The van der Waals surface area contributed by atoms with Gasteiger partial charge in [0.2, 0.25) is 0 Å². The lowest BCUT2D eigenvalue weighted by molar-refractivity contribution is -0.385. The molecule has 0 saturated carbocycles. The van der Waals surface area contributed by atoms with Crippen LogP contribution in [-0.2, 0) is 11.3 Å². The molecule has 7 heteroatoms. The summed E-state index contributed by atoms with van der Waals surface area (Å²) in [5.74, 6) is -0.979. The van der Waals surface area contributed by atoms with Crippen molar-refractivity contribution in [2.45, 2.75) is 20.4 Å². The molecule has 1 heterocycles. The second-order valence-corrected chi connectivity index (χ2v) is 5.74. The largest absolute Gasteiger partial charge is 0.481 e. The van der Waals surface area contributed by atoms with E-state index in [1.165, 1.54) is 12.3 Å². The van der Waals surface area contributed by atoms with E-state index in [-0.39, 0.29) is 12.2 Å². The molecule has 1 unspecified atom stereocenters. The summed E-state index contributed by atoms with van der Waals surface area (Å²) in [6, 6.07) is 10.8. The van der Waals surface area contributed by atoms with Crippen molar-refractivity contribution in [3.05, 3.63) is 63.8 Å². The monoisotopic (exact) mass is 329 g/mol. The molecule has 0 aliphatic carbocycles. The van der Waals surface area contributed by atoms with E-state index in [4.69, 9.17) is 5.11 Å². The number of benzene rings is 1. The molecule has 1 aromatic heterocycles. The third-order valence-electron chi connectivity index (χ3n) is 3.68. The quantitative estimate of drug-likeness (QED) is 0.619. The molecule has 0 spiro atoms. The standard InChI is InChI=1S/C17H19N3O4/c1-12-3-5-14(6-4-12)11-19(10-13(2)17(21)22)16-8-7-15(9-18-16)20(23)24/h3-9,13H,10-11H2,1-2H3,(H,21,22). The second kappa shape index (κ2) is 7.54. The molecule has 0 aliphatic heterocycles. The van der Waals surface area contributed by atoms with Gasteiger partial charge in [-0.2, -0.15) is 0 Å². The van der Waals surface area contributed by atoms with Crippen LogP contribution in [0.2, 0.25) is 0 Å². The lowest BCUT2D eigenvalue weighted by Crippen LogP contribution is -2.32. The number of aliphatic carboxylic acids is 1. The number of aromatic nitrogens is 1. The lowest BCUT2D eigenvalue weighted by Gasteiger charge is -2.25. The van der Waals surface area contributed by atoms with Crippen molar-refractivity contribution < 1.29 is 14.8 Å². The van der Waals surface area contributed by atoms with Crippen LogP contribution >= 0.6 is 0 Å². The van der Waals surface area contributed by atoms with Crippen LogP contribution in [0.5, 0.6) is 0 Å². The third kappa shape index (κ3) is 4.52. The highest BCUT2D eigenvalue weighted by Crippen LogP contribution is 2.20. The van der Waals surface area contributed by atoms with E-state index in [0.29, 0.717) is 12.4 Å². The maximum Gasteiger partial charge on any atom is 0.308 e. The van der Waals surface area contributed by atoms with Crippen LogP contribution in [0, 0.1) is 23.0 Å². The van der Waals surface area contributed by atoms with Crippen molar-refractivity contribution in [3.63, 3.8) is 0 Å². The van der Waals surface area contributed by atoms with E-state index in [9.17, 15) is 14.9 Å². The highest BCUT2D eigenvalue weighted by molar-refractivity contribution is 5.70. The van der Waals surface area contributed by atoms with Crippen molar-refractivity contribution in [1.82, 2.24) is 4.98 Å². The summed E-state index contributed by atoms with van der Waals surface area (Å²) >= 11 is 0. The molecule has 0 bridgehead atoms. The summed E-state index contributed by atoms with van der Waals surface area (Å²) in [7, 11) is 0. The average molecular weight is 329 g/mol. The van der Waals surface area contributed by atoms with Crippen LogP contribution in [0.25, 0.3) is 0 Å². The van der Waals surface area contributed by atoms with Crippen LogP contribution < -0.4 is 4.90 Å². The van der Waals surface area contributed by atoms with Gasteiger partial charge < -0.3 is 10.0 Å². The van der Waals surface area contributed by atoms with Crippen molar-refractivity contribution in [2.75, 3.05) is 11.4 Å². The highest BCUT2D eigenvalue weighted by Gasteiger charge is 2.18. The molecule has 7 nitrogen and oxygen atoms in total. The normalized spacial score (nSPS) is 11.8. The Hall–Kier alpha value is -2.96. The Morgan fingerprint density at radius 2 is 1.96 bits per heavy atom. The Kier molecular flexibility index (Phi) is 5.47. The Morgan fingerprint density at radius 1 is 1.29 bits per heavy atom. The summed E-state index contributed by atoms with van der Waals surface area (Å²) in [6.07, 6.45) is 1.18. The first-order valence-corrected chi connectivity index (χ1v) is 7.50. The van der Waals surface area contributed by atoms with E-state index in [1.54, 1.807) is 13.0 Å². The summed E-state index contributed by atoms with van der Waals surface area (Å²) in [4.78, 5) is 27.3. The molecule has 24 heavy (non-hydrogen) atoms. The molecule has 0 radical (unpaired) electrons. The fourth-order valence-electron chi connectivity index (χ4n) is 2.23. The fourth-order valence-corrected chi connectivity index (χ4v) is 2.23. The molecule has 126 valence electrons. The smallest absolute Gasteiger partial charge is 0.308 e. The lowest BCUT2D eigenvalue weighted by atomic mass is 10.1. The van der Waals surface area contributed by atoms with Gasteiger partial charge in [0.15, 0.2) is 0 Å². The topological polar surface area (TPSA) is 96.6 Å². The number of nitro groups is 1. The Labute approximate surface area is 139 Å². The summed E-state index contributed by atoms with van der Waals surface area (Å²) in [5.41, 5.74) is 2.05. The van der Waals surface area contributed by atoms with Crippen molar-refractivity contribution in [1.29, 1.82) is 0 Å². The molecule has 0 amide bonds. The van der Waals surface area contributed by atoms with Crippen LogP contribution in [0.15, 0.2) is 42.6 Å². The number of carbonyl (C=O) groups is 1. The number of nitrogens with zero attached hydrogens (tertiary/aromatic N) is 3. The maximum absolute atomic E-state index is 11.2. The van der Waals surface area contributed by atoms with Crippen LogP contribution in [0.4, 0.5) is 11.5 Å². The average Bonchev–Trinajstić information content (AvgIpc) is 2.56. The molecule has 1 atom stereocenters. The molecule has 1 aromatic carbocycles. The number of carboxylic acids is 1. The molecular weight excluding hydrogens is 310 g/mol. The van der Waals surface area contributed by atoms with Crippen molar-refractivity contribution >= 4 is 17.5 Å². The Morgan fingerprint density at radius 3 is 2.46 bits per heavy atom. The van der Waals surface area contributed by atoms with Gasteiger partial charge in [-0.05, 0) is 18.6 Å². The van der Waals surface area contributed by atoms with E-state index in [1.807, 2.05) is 36.1 Å². The number of hydrogen-bond donors (Lipinski definition) is 1. The van der Waals surface area contributed by atoms with Gasteiger partial charge in [0.25, 0.3) is 5.69 Å². The van der Waals surface area contributed by atoms with Gasteiger partial charge in [0.05, 0.1) is 10.8 Å². The molecule has 2 aromatic rings. The minimum Gasteiger partial charge on any atom is -0.481 e. The minimum atomic E-state index is -0.897. The van der Waals surface area contributed by atoms with Gasteiger partial charge in [-0.3, -0.25) is 14.9 Å². The molecule has 0 fully saturated rings. The number of pyridine rings is 1. The number of hydrogen-bond acceptors (Lipinski definition) is 5. The third-order valence-corrected chi connectivity index (χ3v) is 3.68. The number of rotatable bonds is 7. The Balaban J connectivity index is 2.25. The molecule has 2 rings (SSSR count). The summed E-state index contributed by atoms with van der Waals surface area (Å²) in [5, 5.41) is 19.9. The zero-order valence-electron chi connectivity index (χ0n) is 13.5. The van der Waals surface area contributed by atoms with Crippen LogP contribution in [0.1, 0.15) is 18.1 Å². The molecule has 0 aliphatic rings. The first-order chi connectivity index (χ1) is 11.4. The van der Waals surface area contributed by atoms with Crippen molar-refractivity contribution in [3.8, 4) is 0 Å². The molecular formula is C17H19N3O4. The van der Waals surface area contributed by atoms with Gasteiger partial charge in [-0.15, -0.1) is 0 Å². The van der Waals surface area contributed by atoms with Gasteiger partial charge in [-0.1, -0.05) is 36.8 Å². The predicted molar refractivity (Wildman–Crippen MR) is 89.9 cm³/mol. The minimum absolute atomic E-state index is 0.0969. The number of carboxylic acid groups (broad SMARTS) is 1. The SMILES string of the molecule is Cc1ccc(CN(CC(C)C(=O)O)c2ccc([N+](=O)[O-])cn2)cc1. The van der Waals surface area contributed by atoms with Crippen molar-refractivity contribution in [2.24, 2.45) is 5.92 Å². The molecule has 0 saturated heterocycles. The van der Waals surface area contributed by atoms with Gasteiger partial charge in [0, 0.05) is 19.2 Å². The maximum atomic E-state index is 11.2.